The fourth-order valence-corrected chi connectivity index (χ4v) is 14.0. The summed E-state index contributed by atoms with van der Waals surface area (Å²) in [6.45, 7) is 39.4. The molecule has 0 unspecified atom stereocenters. The Morgan fingerprint density at radius 3 is 0.782 bits per heavy atom. The molecule has 5 heterocycles. The number of benzene rings is 10. The molecule has 0 bridgehead atoms. The first-order chi connectivity index (χ1) is 57.4. The van der Waals surface area contributed by atoms with E-state index in [0.29, 0.717) is 11.6 Å². The van der Waals surface area contributed by atoms with Gasteiger partial charge in [-0.2, -0.15) is 0 Å². The van der Waals surface area contributed by atoms with E-state index in [2.05, 4.69) is 278 Å². The lowest BCUT2D eigenvalue weighted by Crippen LogP contribution is -2.01. The van der Waals surface area contributed by atoms with Gasteiger partial charge in [-0.15, -0.1) is 0 Å². The van der Waals surface area contributed by atoms with Crippen molar-refractivity contribution in [2.24, 2.45) is 0 Å². The van der Waals surface area contributed by atoms with Crippen molar-refractivity contribution in [3.05, 3.63) is 325 Å². The summed E-state index contributed by atoms with van der Waals surface area (Å²) in [6, 6.07) is 75.0. The van der Waals surface area contributed by atoms with Gasteiger partial charge in [0.15, 0.2) is 58.2 Å². The molecule has 10 aromatic carbocycles. The molecule has 604 valence electrons. The Morgan fingerprint density at radius 2 is 0.454 bits per heavy atom. The largest absolute Gasteiger partial charge is 0.213 e. The highest BCUT2D eigenvalue weighted by atomic mass is 15.1. The van der Waals surface area contributed by atoms with E-state index in [1.807, 2.05) is 132 Å². The number of aryl methyl sites for hydroxylation is 17. The fraction of sp³-hybridized carbons (Fsp3) is 0.279. The van der Waals surface area contributed by atoms with Crippen molar-refractivity contribution in [2.45, 2.75) is 196 Å². The van der Waals surface area contributed by atoms with Gasteiger partial charge in [0.25, 0.3) is 0 Å². The summed E-state index contributed by atoms with van der Waals surface area (Å²) in [6.07, 6.45) is 12.5. The molecule has 0 spiro atoms. The second-order valence-electron chi connectivity index (χ2n) is 31.1. The van der Waals surface area contributed by atoms with E-state index in [-0.39, 0.29) is 0 Å². The number of aromatic nitrogens is 15. The van der Waals surface area contributed by atoms with E-state index in [9.17, 15) is 0 Å². The average molecular weight is 1570 g/mol. The molecule has 0 atom stereocenters. The van der Waals surface area contributed by atoms with Crippen LogP contribution in [-0.2, 0) is 12.8 Å². The van der Waals surface area contributed by atoms with Crippen LogP contribution in [0.5, 0.6) is 0 Å². The maximum absolute atomic E-state index is 4.85. The molecule has 0 aliphatic carbocycles. The minimum absolute atomic E-state index is 0.715. The number of hydrogen-bond acceptors (Lipinski definition) is 15. The van der Waals surface area contributed by atoms with E-state index in [1.54, 1.807) is 0 Å². The van der Waals surface area contributed by atoms with Crippen molar-refractivity contribution in [1.29, 1.82) is 0 Å². The summed E-state index contributed by atoms with van der Waals surface area (Å²) in [5.41, 5.74) is 28.0. The third kappa shape index (κ3) is 24.2. The molecule has 0 aliphatic heterocycles. The summed E-state index contributed by atoms with van der Waals surface area (Å²) in [4.78, 5) is 69.0. The summed E-state index contributed by atoms with van der Waals surface area (Å²) >= 11 is 0. The molecule has 0 N–H and O–H groups in total. The molecule has 15 rings (SSSR count). The molecule has 15 aromatic rings. The Kier molecular flexibility index (Phi) is 30.7. The van der Waals surface area contributed by atoms with Crippen molar-refractivity contribution >= 4 is 0 Å². The molecule has 15 nitrogen and oxygen atoms in total. The van der Waals surface area contributed by atoms with E-state index in [1.165, 1.54) is 129 Å². The predicted molar refractivity (Wildman–Crippen MR) is 490 cm³/mol. The monoisotopic (exact) mass is 1570 g/mol. The molecule has 5 aromatic heterocycles. The van der Waals surface area contributed by atoms with Gasteiger partial charge in [-0.25, -0.2) is 74.8 Å². The van der Waals surface area contributed by atoms with Crippen LogP contribution in [0.25, 0.3) is 114 Å². The quantitative estimate of drug-likeness (QED) is 0.0654. The Balaban J connectivity index is 0.000000147. The second-order valence-corrected chi connectivity index (χ2v) is 31.1. The number of hydrogen-bond donors (Lipinski definition) is 0. The van der Waals surface area contributed by atoms with Crippen molar-refractivity contribution in [1.82, 2.24) is 74.8 Å². The van der Waals surface area contributed by atoms with Gasteiger partial charge in [-0.3, -0.25) is 0 Å². The van der Waals surface area contributed by atoms with Crippen molar-refractivity contribution < 1.29 is 0 Å². The van der Waals surface area contributed by atoms with Crippen LogP contribution < -0.4 is 0 Å². The smallest absolute Gasteiger partial charge is 0.163 e. The lowest BCUT2D eigenvalue weighted by atomic mass is 9.99. The predicted octanol–water partition coefficient (Wildman–Crippen LogP) is 25.5. The zero-order valence-corrected chi connectivity index (χ0v) is 73.1. The Morgan fingerprint density at radius 1 is 0.185 bits per heavy atom. The highest BCUT2D eigenvalue weighted by Gasteiger charge is 2.18. The van der Waals surface area contributed by atoms with Gasteiger partial charge < -0.3 is 0 Å². The number of unbranched alkanes of at least 4 members (excludes halogenated alkanes) is 6. The lowest BCUT2D eigenvalue weighted by molar-refractivity contribution is 0.667. The first-order valence-corrected chi connectivity index (χ1v) is 41.7. The first kappa shape index (κ1) is 87.1. The van der Waals surface area contributed by atoms with Gasteiger partial charge in [0.1, 0.15) is 29.1 Å². The van der Waals surface area contributed by atoms with E-state index in [4.69, 9.17) is 15.0 Å². The second kappa shape index (κ2) is 41.9. The van der Waals surface area contributed by atoms with Crippen molar-refractivity contribution in [3.8, 4) is 114 Å². The van der Waals surface area contributed by atoms with Gasteiger partial charge in [0.05, 0.1) is 0 Å². The van der Waals surface area contributed by atoms with Gasteiger partial charge in [0.2, 0.25) is 0 Å². The van der Waals surface area contributed by atoms with E-state index >= 15 is 0 Å². The van der Waals surface area contributed by atoms with Crippen LogP contribution in [0.4, 0.5) is 0 Å². The van der Waals surface area contributed by atoms with Gasteiger partial charge in [-0.05, 0) is 259 Å². The molecule has 0 fully saturated rings. The van der Waals surface area contributed by atoms with E-state index in [0.717, 1.165) is 144 Å². The molecular formula is C104H113N15. The van der Waals surface area contributed by atoms with Crippen LogP contribution >= 0.6 is 0 Å². The molecule has 0 radical (unpaired) electrons. The Hall–Kier alpha value is -12.8. The van der Waals surface area contributed by atoms with Crippen molar-refractivity contribution in [2.75, 3.05) is 0 Å². The van der Waals surface area contributed by atoms with Crippen LogP contribution in [0.2, 0.25) is 0 Å². The minimum Gasteiger partial charge on any atom is -0.213 e. The molecule has 0 saturated heterocycles. The van der Waals surface area contributed by atoms with Gasteiger partial charge in [-0.1, -0.05) is 233 Å². The highest BCUT2D eigenvalue weighted by molar-refractivity contribution is 5.70. The molecule has 119 heavy (non-hydrogen) atoms. The van der Waals surface area contributed by atoms with Crippen LogP contribution in [0.1, 0.15) is 172 Å². The summed E-state index contributed by atoms with van der Waals surface area (Å²) in [5, 5.41) is 0. The molecule has 0 aliphatic rings. The third-order valence-electron chi connectivity index (χ3n) is 21.2. The summed E-state index contributed by atoms with van der Waals surface area (Å²) in [7, 11) is 0. The molecule has 0 amide bonds. The average Bonchev–Trinajstić information content (AvgIpc) is 0.822. The van der Waals surface area contributed by atoms with Crippen LogP contribution in [-0.4, -0.2) is 74.8 Å². The van der Waals surface area contributed by atoms with Crippen LogP contribution in [0.3, 0.4) is 0 Å². The zero-order chi connectivity index (χ0) is 84.7. The fourth-order valence-electron chi connectivity index (χ4n) is 14.0. The standard InChI is InChI=1S/C28H37N3.C22H25N3.C20H21N3.C18H17N3.C16H13N3/c1-4-6-8-10-14-23-16-12-18-25(20-23)27-29-22(3)30-28(31-27)26-19-13-17-24(21-26)15-11-9-7-5-2;1-12-8-19(9-13(2)16(12)5)21-23-18(7)24-22(25-21)20-10-14(3)17(6)15(4)11-20;1-12-6-8-14(3)17(10-12)19-21-16(5)22-20(23-19)18-11-13(2)7-9-15(18)4;1-12-8-4-6-10-15(12)17-19-14(3)20-18(21-17)16-11-7-5-9-13(16)2;1-12-17-15(13-8-4-2-5-9-13)19-16(18-12)14-10-6-3-7-11-14/h12-13,16-21H,4-11,14-15H2,1-3H3;8-11H,1-7H3;6-11H,1-5H3;4-11H,1-3H3;2-11H,1H3. The summed E-state index contributed by atoms with van der Waals surface area (Å²) in [5.74, 6) is 11.1. The third-order valence-corrected chi connectivity index (χ3v) is 21.2. The normalized spacial score (nSPS) is 10.8. The van der Waals surface area contributed by atoms with Crippen LogP contribution in [0, 0.1) is 118 Å². The number of nitrogens with zero attached hydrogens (tertiary/aromatic N) is 15. The zero-order valence-electron chi connectivity index (χ0n) is 73.1. The van der Waals surface area contributed by atoms with Crippen molar-refractivity contribution in [3.63, 3.8) is 0 Å². The van der Waals surface area contributed by atoms with E-state index < -0.39 is 0 Å². The Bertz CT molecular complexity index is 5570. The van der Waals surface area contributed by atoms with Crippen LogP contribution in [0.15, 0.2) is 218 Å². The van der Waals surface area contributed by atoms with Gasteiger partial charge in [0, 0.05) is 55.6 Å². The maximum Gasteiger partial charge on any atom is 0.163 e. The lowest BCUT2D eigenvalue weighted by Gasteiger charge is -2.11. The minimum atomic E-state index is 0.715. The highest BCUT2D eigenvalue weighted by Crippen LogP contribution is 2.32. The molecule has 15 heteroatoms. The summed E-state index contributed by atoms with van der Waals surface area (Å²) < 4.78 is 0. The maximum atomic E-state index is 4.85. The molecular weight excluding hydrogens is 1460 g/mol. The Labute approximate surface area is 705 Å². The molecule has 0 saturated carbocycles. The first-order valence-electron chi connectivity index (χ1n) is 41.7. The topological polar surface area (TPSA) is 193 Å². The number of rotatable bonds is 20. The SMILES string of the molecule is CCCCCCc1cccc(-c2nc(C)nc(-c3cccc(CCCCCC)c3)n2)c1.Cc1ccc(C)c(-c2nc(C)nc(-c3cc(C)ccc3C)n2)c1.Cc1nc(-c2cc(C)c(C)c(C)c2)nc(-c2cc(C)c(C)c(C)c2)n1.Cc1nc(-c2ccccc2)nc(-c2ccccc2)n1.Cc1nc(-c2ccccc2C)nc(-c2ccccc2C)n1. The van der Waals surface area contributed by atoms with Gasteiger partial charge >= 0.3 is 0 Å².